The highest BCUT2D eigenvalue weighted by Crippen LogP contribution is 2.22. The molecule has 0 bridgehead atoms. The number of aromatic hydroxyl groups is 1. The molecule has 0 spiro atoms. The molecule has 102 valence electrons. The average Bonchev–Trinajstić information content (AvgIpc) is 2.73. The van der Waals surface area contributed by atoms with Crippen LogP contribution in [0.15, 0.2) is 42.5 Å². The summed E-state index contributed by atoms with van der Waals surface area (Å²) in [6.45, 7) is 2.74. The Kier molecular flexibility index (Phi) is 3.06. The standard InChI is InChI=1S/C16H17N3O/c1-11-15-8-5-13(9-16(15)19(2)18-11)17-10-12-3-6-14(20)7-4-12/h3-9,17,20H,10H2,1-2H3. The highest BCUT2D eigenvalue weighted by Gasteiger charge is 2.05. The molecule has 0 unspecified atom stereocenters. The minimum atomic E-state index is 0.292. The Morgan fingerprint density at radius 2 is 1.90 bits per heavy atom. The number of nitrogens with zero attached hydrogens (tertiary/aromatic N) is 2. The van der Waals surface area contributed by atoms with Crippen molar-refractivity contribution in [2.45, 2.75) is 13.5 Å². The van der Waals surface area contributed by atoms with Crippen LogP contribution in [0.5, 0.6) is 5.75 Å². The van der Waals surface area contributed by atoms with Crippen LogP contribution in [0.25, 0.3) is 10.9 Å². The van der Waals surface area contributed by atoms with Crippen LogP contribution in [0.3, 0.4) is 0 Å². The third-order valence-electron chi connectivity index (χ3n) is 3.47. The molecule has 1 heterocycles. The fraction of sp³-hybridized carbons (Fsp3) is 0.188. The first kappa shape index (κ1) is 12.5. The van der Waals surface area contributed by atoms with Gasteiger partial charge in [0.2, 0.25) is 0 Å². The smallest absolute Gasteiger partial charge is 0.115 e. The number of rotatable bonds is 3. The highest BCUT2D eigenvalue weighted by molar-refractivity contribution is 5.85. The number of hydrogen-bond donors (Lipinski definition) is 2. The maximum atomic E-state index is 9.26. The van der Waals surface area contributed by atoms with Crippen molar-refractivity contribution in [1.29, 1.82) is 0 Å². The number of phenols is 1. The van der Waals surface area contributed by atoms with Gasteiger partial charge in [-0.15, -0.1) is 0 Å². The molecule has 0 atom stereocenters. The summed E-state index contributed by atoms with van der Waals surface area (Å²) in [4.78, 5) is 0. The molecule has 0 amide bonds. The Labute approximate surface area is 117 Å². The number of phenolic OH excluding ortho intramolecular Hbond substituents is 1. The van der Waals surface area contributed by atoms with Gasteiger partial charge in [-0.05, 0) is 42.8 Å². The maximum absolute atomic E-state index is 9.26. The van der Waals surface area contributed by atoms with Crippen LogP contribution >= 0.6 is 0 Å². The zero-order valence-corrected chi connectivity index (χ0v) is 11.6. The predicted octanol–water partition coefficient (Wildman–Crippen LogP) is 3.20. The van der Waals surface area contributed by atoms with Gasteiger partial charge in [-0.25, -0.2) is 0 Å². The molecule has 2 aromatic carbocycles. The minimum absolute atomic E-state index is 0.292. The van der Waals surface area contributed by atoms with Crippen molar-refractivity contribution < 1.29 is 5.11 Å². The summed E-state index contributed by atoms with van der Waals surface area (Å²) in [5, 5.41) is 18.3. The summed E-state index contributed by atoms with van der Waals surface area (Å²) < 4.78 is 1.90. The van der Waals surface area contributed by atoms with Crippen molar-refractivity contribution in [3.8, 4) is 5.75 Å². The van der Waals surface area contributed by atoms with E-state index in [1.807, 2.05) is 30.8 Å². The lowest BCUT2D eigenvalue weighted by molar-refractivity contribution is 0.475. The summed E-state index contributed by atoms with van der Waals surface area (Å²) in [5.41, 5.74) is 4.36. The van der Waals surface area contributed by atoms with E-state index in [4.69, 9.17) is 0 Å². The summed E-state index contributed by atoms with van der Waals surface area (Å²) >= 11 is 0. The fourth-order valence-electron chi connectivity index (χ4n) is 2.37. The maximum Gasteiger partial charge on any atom is 0.115 e. The van der Waals surface area contributed by atoms with Crippen LogP contribution in [-0.2, 0) is 13.6 Å². The molecule has 4 heteroatoms. The van der Waals surface area contributed by atoms with Gasteiger partial charge in [-0.1, -0.05) is 12.1 Å². The topological polar surface area (TPSA) is 50.1 Å². The molecule has 0 saturated heterocycles. The van der Waals surface area contributed by atoms with Gasteiger partial charge >= 0.3 is 0 Å². The van der Waals surface area contributed by atoms with Gasteiger partial charge in [0.15, 0.2) is 0 Å². The van der Waals surface area contributed by atoms with E-state index in [2.05, 4.69) is 28.6 Å². The van der Waals surface area contributed by atoms with Crippen LogP contribution < -0.4 is 5.32 Å². The van der Waals surface area contributed by atoms with E-state index in [9.17, 15) is 5.11 Å². The van der Waals surface area contributed by atoms with Gasteiger partial charge in [0.25, 0.3) is 0 Å². The lowest BCUT2D eigenvalue weighted by Crippen LogP contribution is -1.99. The lowest BCUT2D eigenvalue weighted by Gasteiger charge is -2.07. The van der Waals surface area contributed by atoms with Gasteiger partial charge in [0.05, 0.1) is 11.2 Å². The first-order valence-corrected chi connectivity index (χ1v) is 6.58. The van der Waals surface area contributed by atoms with Crippen molar-refractivity contribution in [2.24, 2.45) is 7.05 Å². The fourth-order valence-corrected chi connectivity index (χ4v) is 2.37. The molecule has 1 aromatic heterocycles. The second-order valence-electron chi connectivity index (χ2n) is 4.96. The molecular weight excluding hydrogens is 250 g/mol. The van der Waals surface area contributed by atoms with Crippen molar-refractivity contribution >= 4 is 16.6 Å². The number of anilines is 1. The highest BCUT2D eigenvalue weighted by atomic mass is 16.3. The van der Waals surface area contributed by atoms with Crippen molar-refractivity contribution in [1.82, 2.24) is 9.78 Å². The first-order valence-electron chi connectivity index (χ1n) is 6.58. The van der Waals surface area contributed by atoms with Gasteiger partial charge in [0.1, 0.15) is 5.75 Å². The molecule has 0 aliphatic rings. The van der Waals surface area contributed by atoms with E-state index in [1.54, 1.807) is 12.1 Å². The third kappa shape index (κ3) is 2.32. The number of fused-ring (bicyclic) bond motifs is 1. The second-order valence-corrected chi connectivity index (χ2v) is 4.96. The number of benzene rings is 2. The molecule has 0 aliphatic heterocycles. The molecule has 4 nitrogen and oxygen atoms in total. The van der Waals surface area contributed by atoms with Crippen LogP contribution in [-0.4, -0.2) is 14.9 Å². The first-order chi connectivity index (χ1) is 9.63. The molecule has 0 radical (unpaired) electrons. The SMILES string of the molecule is Cc1nn(C)c2cc(NCc3ccc(O)cc3)ccc12. The molecule has 3 rings (SSSR count). The largest absolute Gasteiger partial charge is 0.508 e. The zero-order valence-electron chi connectivity index (χ0n) is 11.6. The van der Waals surface area contributed by atoms with Crippen LogP contribution in [0, 0.1) is 6.92 Å². The van der Waals surface area contributed by atoms with Crippen molar-refractivity contribution in [3.63, 3.8) is 0 Å². The van der Waals surface area contributed by atoms with Crippen molar-refractivity contribution in [2.75, 3.05) is 5.32 Å². The lowest BCUT2D eigenvalue weighted by atomic mass is 10.2. The Hall–Kier alpha value is -2.49. The van der Waals surface area contributed by atoms with Crippen LogP contribution in [0.1, 0.15) is 11.3 Å². The van der Waals surface area contributed by atoms with E-state index >= 15 is 0 Å². The van der Waals surface area contributed by atoms with Gasteiger partial charge < -0.3 is 10.4 Å². The summed E-state index contributed by atoms with van der Waals surface area (Å²) in [6, 6.07) is 13.5. The molecule has 0 saturated carbocycles. The molecule has 0 aliphatic carbocycles. The molecular formula is C16H17N3O. The van der Waals surface area contributed by atoms with Gasteiger partial charge in [-0.2, -0.15) is 5.10 Å². The molecule has 0 fully saturated rings. The van der Waals surface area contributed by atoms with Gasteiger partial charge in [0, 0.05) is 24.7 Å². The minimum Gasteiger partial charge on any atom is -0.508 e. The Morgan fingerprint density at radius 1 is 1.15 bits per heavy atom. The van der Waals surface area contributed by atoms with E-state index in [-0.39, 0.29) is 0 Å². The van der Waals surface area contributed by atoms with E-state index < -0.39 is 0 Å². The number of aromatic nitrogens is 2. The summed E-state index contributed by atoms with van der Waals surface area (Å²) in [7, 11) is 1.96. The Balaban J connectivity index is 1.80. The zero-order chi connectivity index (χ0) is 14.1. The molecule has 20 heavy (non-hydrogen) atoms. The average molecular weight is 267 g/mol. The van der Waals surface area contributed by atoms with Crippen LogP contribution in [0.2, 0.25) is 0 Å². The number of nitrogens with one attached hydrogen (secondary N) is 1. The third-order valence-corrected chi connectivity index (χ3v) is 3.47. The normalized spacial score (nSPS) is 10.9. The second kappa shape index (κ2) is 4.89. The summed E-state index contributed by atoms with van der Waals surface area (Å²) in [6.07, 6.45) is 0. The van der Waals surface area contributed by atoms with Crippen LogP contribution in [0.4, 0.5) is 5.69 Å². The predicted molar refractivity (Wildman–Crippen MR) is 80.9 cm³/mol. The summed E-state index contributed by atoms with van der Waals surface area (Å²) in [5.74, 6) is 0.292. The van der Waals surface area contributed by atoms with E-state index in [0.29, 0.717) is 5.75 Å². The Morgan fingerprint density at radius 3 is 2.65 bits per heavy atom. The monoisotopic (exact) mass is 267 g/mol. The van der Waals surface area contributed by atoms with E-state index in [1.165, 1.54) is 5.39 Å². The van der Waals surface area contributed by atoms with Gasteiger partial charge in [-0.3, -0.25) is 4.68 Å². The van der Waals surface area contributed by atoms with Crippen molar-refractivity contribution in [3.05, 3.63) is 53.7 Å². The number of aryl methyl sites for hydroxylation is 2. The van der Waals surface area contributed by atoms with E-state index in [0.717, 1.165) is 29.0 Å². The molecule has 2 N–H and O–H groups in total. The number of hydrogen-bond acceptors (Lipinski definition) is 3. The Bertz CT molecular complexity index is 744. The quantitative estimate of drug-likeness (QED) is 0.766. The molecule has 3 aromatic rings.